The monoisotopic (exact) mass is 521 g/mol. The summed E-state index contributed by atoms with van der Waals surface area (Å²) in [6, 6.07) is 4.30. The zero-order valence-electron chi connectivity index (χ0n) is 18.9. The van der Waals surface area contributed by atoms with Gasteiger partial charge in [-0.15, -0.1) is 0 Å². The van der Waals surface area contributed by atoms with E-state index in [4.69, 9.17) is 38.4 Å². The van der Waals surface area contributed by atoms with E-state index in [2.05, 4.69) is 10.1 Å². The lowest BCUT2D eigenvalue weighted by Crippen LogP contribution is -2.52. The number of anilines is 1. The van der Waals surface area contributed by atoms with Crippen molar-refractivity contribution >= 4 is 40.9 Å². The number of ether oxygens (including phenoxy) is 2. The van der Waals surface area contributed by atoms with Gasteiger partial charge in [0.1, 0.15) is 11.9 Å². The lowest BCUT2D eigenvalue weighted by atomic mass is 10.1. The minimum absolute atomic E-state index is 0.000211. The summed E-state index contributed by atoms with van der Waals surface area (Å²) >= 11 is 12.3. The molecule has 1 amide bonds. The molecule has 12 heteroatoms. The highest BCUT2D eigenvalue weighted by Gasteiger charge is 2.32. The molecule has 0 saturated carbocycles. The Balaban J connectivity index is 1.45. The molecule has 0 bridgehead atoms. The molecule has 2 aromatic heterocycles. The van der Waals surface area contributed by atoms with Crippen LogP contribution in [-0.4, -0.2) is 51.2 Å². The highest BCUT2D eigenvalue weighted by molar-refractivity contribution is 6.36. The highest BCUT2D eigenvalue weighted by atomic mass is 35.5. The summed E-state index contributed by atoms with van der Waals surface area (Å²) in [5, 5.41) is 4.55. The molecule has 1 aromatic carbocycles. The Morgan fingerprint density at radius 2 is 2.00 bits per heavy atom. The van der Waals surface area contributed by atoms with Crippen LogP contribution in [0.4, 0.5) is 10.2 Å². The largest absolute Gasteiger partial charge is 0.482 e. The van der Waals surface area contributed by atoms with Gasteiger partial charge in [0.15, 0.2) is 18.2 Å². The number of halogens is 3. The van der Waals surface area contributed by atoms with Crippen molar-refractivity contribution < 1.29 is 23.5 Å². The minimum atomic E-state index is -0.696. The minimum Gasteiger partial charge on any atom is -0.482 e. The van der Waals surface area contributed by atoms with Crippen molar-refractivity contribution in [3.8, 4) is 16.9 Å². The van der Waals surface area contributed by atoms with E-state index in [1.807, 2.05) is 6.20 Å². The van der Waals surface area contributed by atoms with Crippen molar-refractivity contribution in [2.24, 2.45) is 0 Å². The number of carbonyl (C=O) groups is 2. The van der Waals surface area contributed by atoms with Crippen LogP contribution in [-0.2, 0) is 14.3 Å². The molecule has 1 saturated heterocycles. The molecule has 1 unspecified atom stereocenters. The van der Waals surface area contributed by atoms with Gasteiger partial charge < -0.3 is 20.1 Å². The molecule has 1 atom stereocenters. The summed E-state index contributed by atoms with van der Waals surface area (Å²) < 4.78 is 26.4. The van der Waals surface area contributed by atoms with E-state index in [-0.39, 0.29) is 40.2 Å². The van der Waals surface area contributed by atoms with Gasteiger partial charge in [-0.25, -0.2) is 9.37 Å². The summed E-state index contributed by atoms with van der Waals surface area (Å²) in [6.07, 6.45) is 4.40. The van der Waals surface area contributed by atoms with Crippen molar-refractivity contribution in [2.75, 3.05) is 25.4 Å². The Morgan fingerprint density at radius 3 is 2.71 bits per heavy atom. The summed E-state index contributed by atoms with van der Waals surface area (Å²) in [7, 11) is 0. The van der Waals surface area contributed by atoms with Crippen LogP contribution in [0.1, 0.15) is 31.6 Å². The number of hydrogen-bond acceptors (Lipinski definition) is 7. The van der Waals surface area contributed by atoms with E-state index < -0.39 is 17.9 Å². The number of amides is 1. The zero-order chi connectivity index (χ0) is 25.3. The van der Waals surface area contributed by atoms with Crippen molar-refractivity contribution in [3.05, 3.63) is 58.2 Å². The Hall–Kier alpha value is -3.37. The highest BCUT2D eigenvalue weighted by Crippen LogP contribution is 2.37. The van der Waals surface area contributed by atoms with Gasteiger partial charge in [0.25, 0.3) is 5.91 Å². The second-order valence-corrected chi connectivity index (χ2v) is 8.85. The average Bonchev–Trinajstić information content (AvgIpc) is 3.25. The van der Waals surface area contributed by atoms with Crippen LogP contribution in [0.15, 0.2) is 36.8 Å². The second kappa shape index (κ2) is 10.1. The van der Waals surface area contributed by atoms with Gasteiger partial charge in [0, 0.05) is 54.1 Å². The van der Waals surface area contributed by atoms with Gasteiger partial charge in [-0.2, -0.15) is 5.10 Å². The fraction of sp³-hybridized carbons (Fsp3) is 0.304. The van der Waals surface area contributed by atoms with Crippen LogP contribution in [0, 0.1) is 5.82 Å². The first-order chi connectivity index (χ1) is 16.6. The van der Waals surface area contributed by atoms with Gasteiger partial charge in [-0.3, -0.25) is 14.3 Å². The third-order valence-corrected chi connectivity index (χ3v) is 6.31. The molecule has 2 N–H and O–H groups in total. The number of benzene rings is 1. The van der Waals surface area contributed by atoms with Gasteiger partial charge >= 0.3 is 5.97 Å². The van der Waals surface area contributed by atoms with Gasteiger partial charge in [-0.1, -0.05) is 23.2 Å². The third kappa shape index (κ3) is 5.33. The van der Waals surface area contributed by atoms with Crippen LogP contribution in [0.2, 0.25) is 10.0 Å². The molecule has 1 fully saturated rings. The predicted octanol–water partition coefficient (Wildman–Crippen LogP) is 4.06. The predicted molar refractivity (Wildman–Crippen MR) is 128 cm³/mol. The van der Waals surface area contributed by atoms with E-state index in [0.717, 1.165) is 5.56 Å². The maximum absolute atomic E-state index is 13.9. The standard InChI is InChI=1S/C23H22Cl2FN5O4/c1-12(21-17(24)3-4-18(26)22(21)25)35-19-5-14(6-28-23(19)27)15-7-29-31(8-15)16-9-30(10-16)20(33)11-34-13(2)32/h3-8,12,16H,9-11H2,1-2H3,(H2,27,28). The van der Waals surface area contributed by atoms with Crippen LogP contribution >= 0.6 is 23.2 Å². The summed E-state index contributed by atoms with van der Waals surface area (Å²) in [6.45, 7) is 3.59. The van der Waals surface area contributed by atoms with Crippen molar-refractivity contribution in [1.29, 1.82) is 0 Å². The Labute approximate surface area is 210 Å². The molecule has 184 valence electrons. The van der Waals surface area contributed by atoms with Crippen LogP contribution in [0.5, 0.6) is 5.75 Å². The number of nitrogens with zero attached hydrogens (tertiary/aromatic N) is 4. The zero-order valence-corrected chi connectivity index (χ0v) is 20.4. The molecule has 0 aliphatic carbocycles. The number of nitrogen functional groups attached to an aromatic ring is 1. The summed E-state index contributed by atoms with van der Waals surface area (Å²) in [4.78, 5) is 28.7. The van der Waals surface area contributed by atoms with Crippen LogP contribution in [0.3, 0.4) is 0 Å². The van der Waals surface area contributed by atoms with Gasteiger partial charge in [-0.05, 0) is 25.1 Å². The average molecular weight is 522 g/mol. The lowest BCUT2D eigenvalue weighted by molar-refractivity contribution is -0.153. The fourth-order valence-corrected chi connectivity index (χ4v) is 4.32. The molecule has 9 nitrogen and oxygen atoms in total. The normalized spacial score (nSPS) is 14.4. The maximum atomic E-state index is 13.9. The number of pyridine rings is 1. The maximum Gasteiger partial charge on any atom is 0.303 e. The Morgan fingerprint density at radius 1 is 1.26 bits per heavy atom. The van der Waals surface area contributed by atoms with Gasteiger partial charge in [0.05, 0.1) is 17.3 Å². The quantitative estimate of drug-likeness (QED) is 0.368. The second-order valence-electron chi connectivity index (χ2n) is 8.07. The van der Waals surface area contributed by atoms with E-state index in [0.29, 0.717) is 24.2 Å². The Bertz CT molecular complexity index is 1280. The first-order valence-electron chi connectivity index (χ1n) is 10.6. The van der Waals surface area contributed by atoms with E-state index >= 15 is 0 Å². The molecule has 3 aromatic rings. The smallest absolute Gasteiger partial charge is 0.303 e. The molecule has 35 heavy (non-hydrogen) atoms. The molecule has 1 aliphatic heterocycles. The molecular formula is C23H22Cl2FN5O4. The molecule has 0 radical (unpaired) electrons. The third-order valence-electron chi connectivity index (χ3n) is 5.59. The fourth-order valence-electron chi connectivity index (χ4n) is 3.64. The number of rotatable bonds is 7. The summed E-state index contributed by atoms with van der Waals surface area (Å²) in [5.74, 6) is -0.913. The first kappa shape index (κ1) is 24.7. The number of likely N-dealkylation sites (tertiary alicyclic amines) is 1. The molecular weight excluding hydrogens is 500 g/mol. The number of hydrogen-bond donors (Lipinski definition) is 1. The molecule has 0 spiro atoms. The number of esters is 1. The van der Waals surface area contributed by atoms with E-state index in [1.165, 1.54) is 19.1 Å². The van der Waals surface area contributed by atoms with Crippen LogP contribution in [0.25, 0.3) is 11.1 Å². The summed E-state index contributed by atoms with van der Waals surface area (Å²) in [5.41, 5.74) is 7.78. The van der Waals surface area contributed by atoms with Crippen LogP contribution < -0.4 is 10.5 Å². The molecule has 4 rings (SSSR count). The van der Waals surface area contributed by atoms with E-state index in [1.54, 1.807) is 35.0 Å². The van der Waals surface area contributed by atoms with Crippen molar-refractivity contribution in [1.82, 2.24) is 19.7 Å². The number of carbonyl (C=O) groups excluding carboxylic acids is 2. The number of nitrogens with two attached hydrogens (primary N) is 1. The first-order valence-corrected chi connectivity index (χ1v) is 11.4. The SMILES string of the molecule is CC(=O)OCC(=O)N1CC(n2cc(-c3cnc(N)c(OC(C)c4c(Cl)ccc(F)c4Cl)c3)cn2)C1. The van der Waals surface area contributed by atoms with E-state index in [9.17, 15) is 14.0 Å². The van der Waals surface area contributed by atoms with Gasteiger partial charge in [0.2, 0.25) is 0 Å². The van der Waals surface area contributed by atoms with Crippen molar-refractivity contribution in [3.63, 3.8) is 0 Å². The molecule has 1 aliphatic rings. The number of aromatic nitrogens is 3. The van der Waals surface area contributed by atoms with Crippen molar-refractivity contribution in [2.45, 2.75) is 26.0 Å². The topological polar surface area (TPSA) is 113 Å². The lowest BCUT2D eigenvalue weighted by Gasteiger charge is -2.38. The Kier molecular flexibility index (Phi) is 7.13. The molecule has 3 heterocycles.